The van der Waals surface area contributed by atoms with Gasteiger partial charge < -0.3 is 40.8 Å². The van der Waals surface area contributed by atoms with Crippen LogP contribution >= 0.6 is 0 Å². The fourth-order valence-corrected chi connectivity index (χ4v) is 2.88. The van der Waals surface area contributed by atoms with Gasteiger partial charge in [0, 0.05) is 37.5 Å². The van der Waals surface area contributed by atoms with Crippen LogP contribution in [0.3, 0.4) is 0 Å². The van der Waals surface area contributed by atoms with E-state index in [1.165, 1.54) is 0 Å². The molecule has 0 bridgehead atoms. The quantitative estimate of drug-likeness (QED) is 0.167. The monoisotopic (exact) mass is 570 g/mol. The Labute approximate surface area is 224 Å². The van der Waals surface area contributed by atoms with Crippen LogP contribution in [0.1, 0.15) is 18.1 Å². The van der Waals surface area contributed by atoms with Crippen LogP contribution in [0.5, 0.6) is 0 Å². The molecule has 2 aromatic carbocycles. The second-order valence-corrected chi connectivity index (χ2v) is 7.79. The predicted octanol–water partition coefficient (Wildman–Crippen LogP) is 3.43. The summed E-state index contributed by atoms with van der Waals surface area (Å²) >= 11 is 10.1. The molecule has 13 heteroatoms. The standard InChI is InChI=1S/C22H26F3N7S2.Cu/c1-4-26-20(33)30-29-19(16-10-12-17(13-11-16)32(2)3)18(15-8-6-5-7-9-15)28-31-21(34)27-14-22(23,24)25;/h5-13H,4,14H2,1-3H3,(H2,26,30,33)(H2,27,31,34);/q;+2/p-2. The number of rotatable bonds is 8. The van der Waals surface area contributed by atoms with Gasteiger partial charge in [0.1, 0.15) is 18.0 Å². The van der Waals surface area contributed by atoms with Gasteiger partial charge in [0.25, 0.3) is 0 Å². The molecule has 2 rings (SSSR count). The summed E-state index contributed by atoms with van der Waals surface area (Å²) in [6.07, 6.45) is -4.44. The predicted molar refractivity (Wildman–Crippen MR) is 138 cm³/mol. The van der Waals surface area contributed by atoms with E-state index in [0.717, 1.165) is 5.69 Å². The van der Waals surface area contributed by atoms with Crippen LogP contribution in [0, 0.1) is 0 Å². The molecule has 0 unspecified atom stereocenters. The summed E-state index contributed by atoms with van der Waals surface area (Å²) in [5, 5.41) is 21.0. The third-order valence-corrected chi connectivity index (χ3v) is 4.63. The van der Waals surface area contributed by atoms with Gasteiger partial charge in [0.2, 0.25) is 0 Å². The summed E-state index contributed by atoms with van der Waals surface area (Å²) in [6.45, 7) is 1.13. The van der Waals surface area contributed by atoms with Crippen LogP contribution in [-0.2, 0) is 42.3 Å². The van der Waals surface area contributed by atoms with E-state index in [9.17, 15) is 13.2 Å². The molecule has 0 aliphatic heterocycles. The van der Waals surface area contributed by atoms with Crippen molar-refractivity contribution >= 4 is 52.7 Å². The van der Waals surface area contributed by atoms with E-state index in [1.54, 1.807) is 24.3 Å². The van der Waals surface area contributed by atoms with Crippen molar-refractivity contribution in [2.75, 3.05) is 32.1 Å². The molecule has 0 saturated heterocycles. The number of nitrogens with zero attached hydrogens (tertiary/aromatic N) is 5. The van der Waals surface area contributed by atoms with Crippen LogP contribution in [0.25, 0.3) is 0 Å². The number of anilines is 1. The number of nitrogens with one attached hydrogen (secondary N) is 2. The topological polar surface area (TPSA) is 76.7 Å². The summed E-state index contributed by atoms with van der Waals surface area (Å²) in [4.78, 5) is 1.94. The maximum absolute atomic E-state index is 12.5. The van der Waals surface area contributed by atoms with Crippen molar-refractivity contribution in [3.8, 4) is 0 Å². The molecule has 0 fully saturated rings. The van der Waals surface area contributed by atoms with Crippen molar-refractivity contribution in [3.63, 3.8) is 0 Å². The molecule has 0 atom stereocenters. The third kappa shape index (κ3) is 10.6. The van der Waals surface area contributed by atoms with Gasteiger partial charge in [0.15, 0.2) is 0 Å². The van der Waals surface area contributed by atoms with Gasteiger partial charge in [-0.25, -0.2) is 0 Å². The fourth-order valence-electron chi connectivity index (χ4n) is 2.59. The molecule has 2 aromatic rings. The molecule has 191 valence electrons. The molecule has 0 aromatic heterocycles. The zero-order chi connectivity index (χ0) is 25.1. The molecule has 0 aliphatic carbocycles. The van der Waals surface area contributed by atoms with E-state index >= 15 is 0 Å². The van der Waals surface area contributed by atoms with Crippen molar-refractivity contribution in [1.29, 1.82) is 0 Å². The molecule has 0 heterocycles. The Bertz CT molecular complexity index is 1050. The molecule has 7 nitrogen and oxygen atoms in total. The first-order chi connectivity index (χ1) is 16.1. The Morgan fingerprint density at radius 2 is 1.29 bits per heavy atom. The van der Waals surface area contributed by atoms with E-state index in [0.29, 0.717) is 23.4 Å². The average Bonchev–Trinajstić information content (AvgIpc) is 2.80. The number of hydrogen-bond donors (Lipinski definition) is 2. The summed E-state index contributed by atoms with van der Waals surface area (Å²) < 4.78 is 37.5. The summed E-state index contributed by atoms with van der Waals surface area (Å²) in [5.74, 6) is 0. The fraction of sp³-hybridized carbons (Fsp3) is 0.273. The van der Waals surface area contributed by atoms with Crippen LogP contribution in [0.2, 0.25) is 0 Å². The minimum Gasteiger partial charge on any atom is -0.741 e. The summed E-state index contributed by atoms with van der Waals surface area (Å²) in [5.41, 5.74) is 2.81. The van der Waals surface area contributed by atoms with Crippen LogP contribution < -0.4 is 15.5 Å². The molecule has 0 aliphatic rings. The van der Waals surface area contributed by atoms with Crippen molar-refractivity contribution < 1.29 is 30.2 Å². The largest absolute Gasteiger partial charge is 2.00 e. The number of alkyl halides is 3. The third-order valence-electron chi connectivity index (χ3n) is 4.18. The van der Waals surface area contributed by atoms with E-state index in [-0.39, 0.29) is 27.9 Å². The number of hydrogen-bond acceptors (Lipinski definition) is 7. The molecular weight excluding hydrogens is 547 g/mol. The summed E-state index contributed by atoms with van der Waals surface area (Å²) in [6, 6.07) is 16.4. The van der Waals surface area contributed by atoms with Gasteiger partial charge in [-0.1, -0.05) is 42.5 Å². The van der Waals surface area contributed by atoms with Gasteiger partial charge in [-0.15, -0.1) is 10.2 Å². The molecule has 0 spiro atoms. The van der Waals surface area contributed by atoms with Crippen LogP contribution in [-0.4, -0.2) is 55.1 Å². The second-order valence-electron chi connectivity index (χ2n) is 7.01. The average molecular weight is 571 g/mol. The molecule has 2 N–H and O–H groups in total. The van der Waals surface area contributed by atoms with Gasteiger partial charge in [-0.2, -0.15) is 23.4 Å². The van der Waals surface area contributed by atoms with Crippen molar-refractivity contribution in [3.05, 3.63) is 65.7 Å². The molecule has 35 heavy (non-hydrogen) atoms. The normalized spacial score (nSPS) is 13.2. The number of amidine groups is 2. The van der Waals surface area contributed by atoms with Crippen molar-refractivity contribution in [2.24, 2.45) is 20.4 Å². The van der Waals surface area contributed by atoms with Crippen molar-refractivity contribution in [2.45, 2.75) is 13.1 Å². The van der Waals surface area contributed by atoms with E-state index in [4.69, 9.17) is 25.3 Å². The second kappa shape index (κ2) is 14.6. The zero-order valence-corrected chi connectivity index (χ0v) is 21.7. The number of halogens is 3. The molecular formula is C22H24CuF3N7S2. The maximum Gasteiger partial charge on any atom is 2.00 e. The Balaban J connectivity index is 0.00000612. The first-order valence-corrected chi connectivity index (χ1v) is 11.0. The summed E-state index contributed by atoms with van der Waals surface area (Å²) in [7, 11) is 3.83. The van der Waals surface area contributed by atoms with E-state index < -0.39 is 17.9 Å². The smallest absolute Gasteiger partial charge is 0.741 e. The Morgan fingerprint density at radius 1 is 0.800 bits per heavy atom. The minimum absolute atomic E-state index is 0. The van der Waals surface area contributed by atoms with Crippen LogP contribution in [0.4, 0.5) is 18.9 Å². The SMILES string of the molecule is CCNC([S-])=NN=C(C(=NN=C([S-])NCC(F)(F)F)c1ccccc1)c1ccc(N(C)C)cc1.[Cu+2]. The minimum atomic E-state index is -4.44. The zero-order valence-electron chi connectivity index (χ0n) is 19.1. The molecule has 0 amide bonds. The van der Waals surface area contributed by atoms with Gasteiger partial charge in [0.05, 0.1) is 0 Å². The van der Waals surface area contributed by atoms with Crippen molar-refractivity contribution in [1.82, 2.24) is 10.6 Å². The maximum atomic E-state index is 12.5. The molecule has 1 radical (unpaired) electrons. The van der Waals surface area contributed by atoms with Crippen LogP contribution in [0.15, 0.2) is 75.0 Å². The number of benzene rings is 2. The first kappa shape index (κ1) is 30.3. The Hall–Kier alpha value is -2.73. The van der Waals surface area contributed by atoms with Gasteiger partial charge in [-0.3, -0.25) is 0 Å². The molecule has 0 saturated carbocycles. The first-order valence-electron chi connectivity index (χ1n) is 10.1. The van der Waals surface area contributed by atoms with E-state index in [1.807, 2.05) is 61.6 Å². The van der Waals surface area contributed by atoms with Gasteiger partial charge >= 0.3 is 23.2 Å². The Kier molecular flexibility index (Phi) is 12.7. The Morgan fingerprint density at radius 3 is 1.74 bits per heavy atom. The van der Waals surface area contributed by atoms with E-state index in [2.05, 4.69) is 25.7 Å². The van der Waals surface area contributed by atoms with Gasteiger partial charge in [-0.05, 0) is 29.4 Å².